The summed E-state index contributed by atoms with van der Waals surface area (Å²) in [5.41, 5.74) is 19.1. The predicted molar refractivity (Wildman–Crippen MR) is 261 cm³/mol. The van der Waals surface area contributed by atoms with Crippen molar-refractivity contribution in [3.05, 3.63) is 234 Å². The van der Waals surface area contributed by atoms with Crippen molar-refractivity contribution >= 4 is 92.6 Å². The van der Waals surface area contributed by atoms with Crippen LogP contribution < -0.4 is 10.6 Å². The van der Waals surface area contributed by atoms with Crippen LogP contribution in [0.1, 0.15) is 33.4 Å². The number of benzene rings is 10. The number of thiophene rings is 1. The van der Waals surface area contributed by atoms with Crippen LogP contribution in [0.5, 0.6) is 0 Å². The molecule has 0 unspecified atom stereocenters. The molecule has 62 heavy (non-hydrogen) atoms. The summed E-state index contributed by atoms with van der Waals surface area (Å²) >= 11 is 1.74. The van der Waals surface area contributed by atoms with Gasteiger partial charge >= 0.3 is 0 Å². The second-order valence-electron chi connectivity index (χ2n) is 16.4. The van der Waals surface area contributed by atoms with Gasteiger partial charge in [0.2, 0.25) is 0 Å². The van der Waals surface area contributed by atoms with Crippen molar-refractivity contribution in [2.24, 2.45) is 10.7 Å². The molecular formula is C57H36N4S. The number of aliphatic imine (C=N–C) groups is 1. The summed E-state index contributed by atoms with van der Waals surface area (Å²) in [5.74, 6) is 0.446. The summed E-state index contributed by atoms with van der Waals surface area (Å²) in [7, 11) is 0. The summed E-state index contributed by atoms with van der Waals surface area (Å²) < 4.78 is 2.21. The van der Waals surface area contributed by atoms with Crippen molar-refractivity contribution in [3.63, 3.8) is 0 Å². The number of nitrogens with zero attached hydrogens (tertiary/aromatic N) is 2. The highest BCUT2D eigenvalue weighted by molar-refractivity contribution is 7.26. The van der Waals surface area contributed by atoms with Gasteiger partial charge in [0, 0.05) is 31.3 Å². The Kier molecular flexibility index (Phi) is 7.37. The molecule has 2 heterocycles. The molecule has 1 aliphatic heterocycles. The smallest absolute Gasteiger partial charge is 0.154 e. The second kappa shape index (κ2) is 13.1. The van der Waals surface area contributed by atoms with E-state index in [0.29, 0.717) is 5.84 Å². The van der Waals surface area contributed by atoms with E-state index in [-0.39, 0.29) is 5.84 Å². The third-order valence-corrected chi connectivity index (χ3v) is 14.5. The molecule has 2 aliphatic rings. The maximum Gasteiger partial charge on any atom is 0.154 e. The minimum Gasteiger partial charge on any atom is -0.383 e. The van der Waals surface area contributed by atoms with Gasteiger partial charge in [-0.1, -0.05) is 158 Å². The Bertz CT molecular complexity index is 3670. The molecule has 0 fully saturated rings. The lowest BCUT2D eigenvalue weighted by atomic mass is 9.64. The maximum absolute atomic E-state index is 9.24. The van der Waals surface area contributed by atoms with Crippen LogP contribution >= 0.6 is 11.3 Å². The van der Waals surface area contributed by atoms with Crippen LogP contribution in [0, 0.1) is 5.41 Å². The van der Waals surface area contributed by atoms with Gasteiger partial charge in [-0.15, -0.1) is 11.3 Å². The van der Waals surface area contributed by atoms with Gasteiger partial charge in [-0.05, 0) is 108 Å². The summed E-state index contributed by atoms with van der Waals surface area (Å²) in [5, 5.41) is 18.5. The van der Waals surface area contributed by atoms with Crippen molar-refractivity contribution in [1.82, 2.24) is 0 Å². The zero-order valence-corrected chi connectivity index (χ0v) is 34.2. The lowest BCUT2D eigenvalue weighted by Crippen LogP contribution is -2.36. The third-order valence-electron chi connectivity index (χ3n) is 13.3. The van der Waals surface area contributed by atoms with Crippen LogP contribution in [0.4, 0.5) is 17.1 Å². The van der Waals surface area contributed by atoms with Crippen LogP contribution in [0.2, 0.25) is 0 Å². The van der Waals surface area contributed by atoms with Gasteiger partial charge in [-0.25, -0.2) is 4.99 Å². The van der Waals surface area contributed by atoms with Crippen LogP contribution in [0.15, 0.2) is 205 Å². The average Bonchev–Trinajstić information content (AvgIpc) is 3.84. The summed E-state index contributed by atoms with van der Waals surface area (Å²) in [6.45, 7) is 0. The summed E-state index contributed by atoms with van der Waals surface area (Å²) in [6, 6.07) is 72.1. The molecule has 3 N–H and O–H groups in total. The van der Waals surface area contributed by atoms with Crippen molar-refractivity contribution in [2.45, 2.75) is 5.41 Å². The molecule has 0 amide bonds. The molecule has 4 nitrogen and oxygen atoms in total. The van der Waals surface area contributed by atoms with E-state index in [4.69, 9.17) is 10.7 Å². The van der Waals surface area contributed by atoms with E-state index in [1.807, 2.05) is 12.1 Å². The van der Waals surface area contributed by atoms with E-state index >= 15 is 0 Å². The number of hydrogen-bond donors (Lipinski definition) is 2. The molecular weight excluding hydrogens is 773 g/mol. The number of amidine groups is 2. The van der Waals surface area contributed by atoms with Gasteiger partial charge in [-0.2, -0.15) is 0 Å². The van der Waals surface area contributed by atoms with Crippen LogP contribution in [-0.4, -0.2) is 11.7 Å². The fourth-order valence-corrected chi connectivity index (χ4v) is 11.9. The molecule has 0 bridgehead atoms. The Morgan fingerprint density at radius 3 is 1.76 bits per heavy atom. The molecule has 5 heteroatoms. The Morgan fingerprint density at radius 1 is 0.484 bits per heavy atom. The number of rotatable bonds is 3. The van der Waals surface area contributed by atoms with Gasteiger partial charge in [0.05, 0.1) is 22.5 Å². The monoisotopic (exact) mass is 808 g/mol. The number of fused-ring (bicyclic) bond motifs is 16. The highest BCUT2D eigenvalue weighted by Gasteiger charge is 2.51. The molecule has 290 valence electrons. The van der Waals surface area contributed by atoms with Crippen molar-refractivity contribution in [1.29, 1.82) is 5.41 Å². The van der Waals surface area contributed by atoms with E-state index in [1.54, 1.807) is 11.3 Å². The number of hydrogen-bond acceptors (Lipinski definition) is 3. The summed E-state index contributed by atoms with van der Waals surface area (Å²) in [4.78, 5) is 7.31. The van der Waals surface area contributed by atoms with Crippen molar-refractivity contribution in [3.8, 4) is 11.1 Å². The predicted octanol–water partition coefficient (Wildman–Crippen LogP) is 14.4. The van der Waals surface area contributed by atoms with Crippen LogP contribution in [0.3, 0.4) is 0 Å². The van der Waals surface area contributed by atoms with E-state index < -0.39 is 5.41 Å². The third kappa shape index (κ3) is 4.77. The number of nitrogens with one attached hydrogen (secondary N) is 1. The van der Waals surface area contributed by atoms with E-state index in [9.17, 15) is 5.41 Å². The number of nitrogens with two attached hydrogens (primary N) is 1. The fraction of sp³-hybridized carbons (Fsp3) is 0.0175. The van der Waals surface area contributed by atoms with Gasteiger partial charge in [0.25, 0.3) is 0 Å². The van der Waals surface area contributed by atoms with Crippen LogP contribution in [-0.2, 0) is 5.41 Å². The molecule has 10 aromatic carbocycles. The van der Waals surface area contributed by atoms with Gasteiger partial charge in [0.1, 0.15) is 5.84 Å². The van der Waals surface area contributed by atoms with Gasteiger partial charge in [-0.3, -0.25) is 5.41 Å². The van der Waals surface area contributed by atoms with Crippen LogP contribution in [0.25, 0.3) is 63.6 Å². The number of anilines is 3. The van der Waals surface area contributed by atoms with Crippen molar-refractivity contribution < 1.29 is 0 Å². The van der Waals surface area contributed by atoms with Crippen molar-refractivity contribution in [2.75, 3.05) is 4.90 Å². The lowest BCUT2D eigenvalue weighted by Gasteiger charge is -2.45. The lowest BCUT2D eigenvalue weighted by molar-refractivity contribution is 0.753. The molecule has 11 aromatic rings. The zero-order valence-electron chi connectivity index (χ0n) is 33.4. The normalized spacial score (nSPS) is 13.8. The number of para-hydroxylation sites is 2. The molecule has 0 saturated carbocycles. The Hall–Kier alpha value is -7.86. The molecule has 0 atom stereocenters. The van der Waals surface area contributed by atoms with Gasteiger partial charge in [0.15, 0.2) is 5.84 Å². The fourth-order valence-electron chi connectivity index (χ4n) is 10.7. The van der Waals surface area contributed by atoms with E-state index in [1.165, 1.54) is 59.6 Å². The summed E-state index contributed by atoms with van der Waals surface area (Å²) in [6.07, 6.45) is 0. The minimum absolute atomic E-state index is 0.128. The molecule has 1 aliphatic carbocycles. The van der Waals surface area contributed by atoms with E-state index in [2.05, 4.69) is 193 Å². The first-order chi connectivity index (χ1) is 30.6. The first-order valence-corrected chi connectivity index (χ1v) is 21.8. The highest BCUT2D eigenvalue weighted by Crippen LogP contribution is 2.64. The Labute approximate surface area is 362 Å². The molecule has 13 rings (SSSR count). The molecule has 1 spiro atoms. The zero-order chi connectivity index (χ0) is 41.1. The SMILES string of the molecule is N=C(N=C(N)c1ccc(N2c3ccccc3C3(c4ccccc4-c4ccccc43)c3ccccc32)c2c1sc1cc3ccccc3cc12)c1ccc2c(ccc3ccccc32)c1. The molecule has 0 radical (unpaired) electrons. The Morgan fingerprint density at radius 2 is 1.05 bits per heavy atom. The topological polar surface area (TPSA) is 65.5 Å². The minimum atomic E-state index is -0.504. The first-order valence-electron chi connectivity index (χ1n) is 21.0. The Balaban J connectivity index is 1.03. The van der Waals surface area contributed by atoms with Gasteiger partial charge < -0.3 is 10.6 Å². The quantitative estimate of drug-likeness (QED) is 0.106. The average molecular weight is 809 g/mol. The second-order valence-corrected chi connectivity index (χ2v) is 17.5. The maximum atomic E-state index is 9.24. The molecule has 1 aromatic heterocycles. The van der Waals surface area contributed by atoms with E-state index in [0.717, 1.165) is 54.4 Å². The molecule has 0 saturated heterocycles. The highest BCUT2D eigenvalue weighted by atomic mass is 32.1. The first kappa shape index (κ1) is 34.9. The standard InChI is InChI=1S/C57H36N4S/c58-55(38-27-28-40-37(31-38)26-25-34-13-3-4-16-39(34)40)60-56(59)43-29-30-51(53-44-32-35-14-1-2-15-36(35)33-52(44)62-54(43)53)61-49-23-11-9-21-47(49)57(48-22-10-12-24-50(48)61)45-19-7-5-17-41(45)42-18-6-8-20-46(42)57/h1-33H,(H3,58,59,60). The largest absolute Gasteiger partial charge is 0.383 e.